The molecule has 0 saturated carbocycles. The van der Waals surface area contributed by atoms with Crippen molar-refractivity contribution in [1.82, 2.24) is 0 Å². The molecular formula is C9H8FNO2. The number of halogens is 1. The van der Waals surface area contributed by atoms with Crippen molar-refractivity contribution in [1.29, 1.82) is 0 Å². The third-order valence-corrected chi connectivity index (χ3v) is 1.40. The molecule has 4 heteroatoms. The fraction of sp³-hybridized carbons (Fsp3) is 0. The first kappa shape index (κ1) is 9.25. The van der Waals surface area contributed by atoms with Crippen molar-refractivity contribution in [2.45, 2.75) is 0 Å². The van der Waals surface area contributed by atoms with E-state index in [9.17, 15) is 9.18 Å². The Bertz CT molecular complexity index is 349. The van der Waals surface area contributed by atoms with Crippen LogP contribution in [-0.4, -0.2) is 11.0 Å². The Morgan fingerprint density at radius 3 is 2.92 bits per heavy atom. The van der Waals surface area contributed by atoms with Crippen LogP contribution in [0.2, 0.25) is 0 Å². The summed E-state index contributed by atoms with van der Waals surface area (Å²) in [5.41, 5.74) is 0.0323. The van der Waals surface area contributed by atoms with E-state index in [0.717, 1.165) is 24.3 Å². The van der Waals surface area contributed by atoms with Gasteiger partial charge >= 0.3 is 0 Å². The van der Waals surface area contributed by atoms with Gasteiger partial charge in [0.2, 0.25) is 5.91 Å². The Morgan fingerprint density at radius 1 is 1.62 bits per heavy atom. The van der Waals surface area contributed by atoms with Crippen LogP contribution in [0, 0.1) is 5.82 Å². The van der Waals surface area contributed by atoms with Gasteiger partial charge in [0.05, 0.1) is 5.69 Å². The lowest BCUT2D eigenvalue weighted by Crippen LogP contribution is -2.07. The molecule has 68 valence electrons. The highest BCUT2D eigenvalue weighted by atomic mass is 19.1. The van der Waals surface area contributed by atoms with Gasteiger partial charge in [-0.15, -0.1) is 0 Å². The molecule has 0 spiro atoms. The lowest BCUT2D eigenvalue weighted by molar-refractivity contribution is -0.111. The number of carbonyl (C=O) groups is 1. The molecule has 0 unspecified atom stereocenters. The summed E-state index contributed by atoms with van der Waals surface area (Å²) in [6.45, 7) is 3.22. The number of nitrogens with one attached hydrogen (secondary N) is 1. The zero-order valence-electron chi connectivity index (χ0n) is 6.75. The molecule has 0 saturated heterocycles. The predicted octanol–water partition coefficient (Wildman–Crippen LogP) is 1.66. The predicted molar refractivity (Wildman–Crippen MR) is 46.9 cm³/mol. The summed E-state index contributed by atoms with van der Waals surface area (Å²) >= 11 is 0. The molecule has 0 aliphatic heterocycles. The van der Waals surface area contributed by atoms with Crippen molar-refractivity contribution in [3.8, 4) is 5.75 Å². The van der Waals surface area contributed by atoms with Crippen molar-refractivity contribution in [3.63, 3.8) is 0 Å². The highest BCUT2D eigenvalue weighted by molar-refractivity contribution is 5.99. The zero-order chi connectivity index (χ0) is 9.84. The Hall–Kier alpha value is -1.84. The molecule has 0 radical (unpaired) electrons. The highest BCUT2D eigenvalue weighted by Crippen LogP contribution is 2.23. The minimum absolute atomic E-state index is 0.0323. The maximum Gasteiger partial charge on any atom is 0.247 e. The molecule has 1 aromatic carbocycles. The van der Waals surface area contributed by atoms with Crippen LogP contribution in [0.5, 0.6) is 5.75 Å². The van der Waals surface area contributed by atoms with Crippen molar-refractivity contribution >= 4 is 11.6 Å². The molecule has 3 nitrogen and oxygen atoms in total. The van der Waals surface area contributed by atoms with Crippen LogP contribution in [0.4, 0.5) is 10.1 Å². The Labute approximate surface area is 74.5 Å². The number of aromatic hydroxyl groups is 1. The number of benzene rings is 1. The molecule has 2 N–H and O–H groups in total. The Morgan fingerprint density at radius 2 is 2.31 bits per heavy atom. The SMILES string of the molecule is C=CC(=O)Nc1cc(F)ccc1O. The summed E-state index contributed by atoms with van der Waals surface area (Å²) in [7, 11) is 0. The van der Waals surface area contributed by atoms with E-state index >= 15 is 0 Å². The van der Waals surface area contributed by atoms with Gasteiger partial charge in [0.1, 0.15) is 11.6 Å². The van der Waals surface area contributed by atoms with Crippen LogP contribution in [-0.2, 0) is 4.79 Å². The second kappa shape index (κ2) is 3.71. The highest BCUT2D eigenvalue weighted by Gasteiger charge is 2.04. The molecule has 0 bridgehead atoms. The van der Waals surface area contributed by atoms with Gasteiger partial charge in [0.15, 0.2) is 0 Å². The van der Waals surface area contributed by atoms with Crippen molar-refractivity contribution < 1.29 is 14.3 Å². The minimum Gasteiger partial charge on any atom is -0.506 e. The van der Waals surface area contributed by atoms with Crippen LogP contribution < -0.4 is 5.32 Å². The summed E-state index contributed by atoms with van der Waals surface area (Å²) in [5, 5.41) is 11.4. The van der Waals surface area contributed by atoms with Gasteiger partial charge in [0, 0.05) is 6.07 Å². The van der Waals surface area contributed by atoms with E-state index in [0.29, 0.717) is 0 Å². The topological polar surface area (TPSA) is 49.3 Å². The Kier molecular flexibility index (Phi) is 2.64. The second-order valence-corrected chi connectivity index (χ2v) is 2.35. The molecule has 1 rings (SSSR count). The molecule has 1 amide bonds. The first-order chi connectivity index (χ1) is 6.13. The van der Waals surface area contributed by atoms with E-state index in [-0.39, 0.29) is 11.4 Å². The van der Waals surface area contributed by atoms with Crippen molar-refractivity contribution in [3.05, 3.63) is 36.7 Å². The van der Waals surface area contributed by atoms with Gasteiger partial charge < -0.3 is 10.4 Å². The van der Waals surface area contributed by atoms with E-state index in [1.165, 1.54) is 0 Å². The van der Waals surface area contributed by atoms with Crippen molar-refractivity contribution in [2.24, 2.45) is 0 Å². The molecular weight excluding hydrogens is 173 g/mol. The third kappa shape index (κ3) is 2.30. The van der Waals surface area contributed by atoms with E-state index in [2.05, 4.69) is 11.9 Å². The maximum absolute atomic E-state index is 12.6. The average Bonchev–Trinajstić information content (AvgIpc) is 2.11. The number of anilines is 1. The molecule has 0 aliphatic carbocycles. The number of amides is 1. The van der Waals surface area contributed by atoms with Crippen LogP contribution in [0.1, 0.15) is 0 Å². The van der Waals surface area contributed by atoms with E-state index in [4.69, 9.17) is 5.11 Å². The largest absolute Gasteiger partial charge is 0.506 e. The zero-order valence-corrected chi connectivity index (χ0v) is 6.75. The van der Waals surface area contributed by atoms with Gasteiger partial charge in [-0.3, -0.25) is 4.79 Å². The quantitative estimate of drug-likeness (QED) is 0.538. The summed E-state index contributed by atoms with van der Waals surface area (Å²) < 4.78 is 12.6. The van der Waals surface area contributed by atoms with Gasteiger partial charge in [-0.05, 0) is 18.2 Å². The fourth-order valence-corrected chi connectivity index (χ4v) is 0.792. The van der Waals surface area contributed by atoms with Crippen LogP contribution in [0.15, 0.2) is 30.9 Å². The molecule has 0 aromatic heterocycles. The van der Waals surface area contributed by atoms with E-state index in [1.807, 2.05) is 0 Å². The average molecular weight is 181 g/mol. The summed E-state index contributed by atoms with van der Waals surface area (Å²) in [4.78, 5) is 10.8. The van der Waals surface area contributed by atoms with E-state index < -0.39 is 11.7 Å². The first-order valence-electron chi connectivity index (χ1n) is 3.55. The third-order valence-electron chi connectivity index (χ3n) is 1.40. The van der Waals surface area contributed by atoms with Gasteiger partial charge in [-0.1, -0.05) is 6.58 Å². The van der Waals surface area contributed by atoms with Crippen LogP contribution in [0.25, 0.3) is 0 Å². The number of phenols is 1. The van der Waals surface area contributed by atoms with Crippen LogP contribution >= 0.6 is 0 Å². The lowest BCUT2D eigenvalue weighted by atomic mass is 10.3. The van der Waals surface area contributed by atoms with Gasteiger partial charge in [0.25, 0.3) is 0 Å². The fourth-order valence-electron chi connectivity index (χ4n) is 0.792. The summed E-state index contributed by atoms with van der Waals surface area (Å²) in [5.74, 6) is -1.21. The lowest BCUT2D eigenvalue weighted by Gasteiger charge is -2.04. The van der Waals surface area contributed by atoms with Crippen molar-refractivity contribution in [2.75, 3.05) is 5.32 Å². The van der Waals surface area contributed by atoms with Crippen LogP contribution in [0.3, 0.4) is 0 Å². The number of phenolic OH excluding ortho intramolecular Hbond substituents is 1. The van der Waals surface area contributed by atoms with Gasteiger partial charge in [-0.25, -0.2) is 4.39 Å². The maximum atomic E-state index is 12.6. The van der Waals surface area contributed by atoms with Gasteiger partial charge in [-0.2, -0.15) is 0 Å². The second-order valence-electron chi connectivity index (χ2n) is 2.35. The molecule has 0 aliphatic rings. The minimum atomic E-state index is -0.530. The Balaban J connectivity index is 2.93. The molecule has 0 atom stereocenters. The normalized spacial score (nSPS) is 9.31. The standard InChI is InChI=1S/C9H8FNO2/c1-2-9(13)11-7-5-6(10)3-4-8(7)12/h2-5,12H,1H2,(H,11,13). The molecule has 1 aromatic rings. The summed E-state index contributed by atoms with van der Waals surface area (Å²) in [6, 6.07) is 3.28. The number of hydrogen-bond donors (Lipinski definition) is 2. The summed E-state index contributed by atoms with van der Waals surface area (Å²) in [6.07, 6.45) is 1.03. The number of rotatable bonds is 2. The number of hydrogen-bond acceptors (Lipinski definition) is 2. The first-order valence-corrected chi connectivity index (χ1v) is 3.55. The smallest absolute Gasteiger partial charge is 0.247 e. The monoisotopic (exact) mass is 181 g/mol. The molecule has 0 fully saturated rings. The number of carbonyl (C=O) groups excluding carboxylic acids is 1. The van der Waals surface area contributed by atoms with E-state index in [1.54, 1.807) is 0 Å². The molecule has 13 heavy (non-hydrogen) atoms. The molecule has 0 heterocycles.